The summed E-state index contributed by atoms with van der Waals surface area (Å²) in [5.41, 5.74) is -1.18. The SMILES string of the molecule is Cn1cc(C(=O)Nc2sc(-c3cccnc3)nc2Cl)c(C(F)(F)F)n1. The Kier molecular flexibility index (Phi) is 4.48. The largest absolute Gasteiger partial charge is 0.435 e. The number of aromatic nitrogens is 4. The number of hydrogen-bond acceptors (Lipinski definition) is 5. The average molecular weight is 388 g/mol. The Morgan fingerprint density at radius 2 is 2.16 bits per heavy atom. The highest BCUT2D eigenvalue weighted by molar-refractivity contribution is 7.19. The van der Waals surface area contributed by atoms with E-state index >= 15 is 0 Å². The maximum atomic E-state index is 13.0. The first-order chi connectivity index (χ1) is 11.8. The van der Waals surface area contributed by atoms with Crippen molar-refractivity contribution in [1.82, 2.24) is 19.7 Å². The summed E-state index contributed by atoms with van der Waals surface area (Å²) in [4.78, 5) is 20.3. The molecule has 11 heteroatoms. The second-order valence-corrected chi connectivity index (χ2v) is 6.25. The van der Waals surface area contributed by atoms with Crippen LogP contribution in [0.3, 0.4) is 0 Å². The van der Waals surface area contributed by atoms with Gasteiger partial charge in [0.2, 0.25) is 0 Å². The first-order valence-corrected chi connectivity index (χ1v) is 7.94. The van der Waals surface area contributed by atoms with Gasteiger partial charge in [-0.25, -0.2) is 4.98 Å². The fourth-order valence-corrected chi connectivity index (χ4v) is 3.17. The second kappa shape index (κ2) is 6.45. The fraction of sp³-hybridized carbons (Fsp3) is 0.143. The van der Waals surface area contributed by atoms with Crippen LogP contribution in [0.25, 0.3) is 10.6 Å². The van der Waals surface area contributed by atoms with Crippen LogP contribution in [0.15, 0.2) is 30.7 Å². The van der Waals surface area contributed by atoms with Crippen LogP contribution < -0.4 is 5.32 Å². The molecule has 3 aromatic rings. The van der Waals surface area contributed by atoms with Crippen molar-refractivity contribution in [3.05, 3.63) is 47.1 Å². The number of thiazole rings is 1. The zero-order valence-corrected chi connectivity index (χ0v) is 14.1. The van der Waals surface area contributed by atoms with Gasteiger partial charge >= 0.3 is 6.18 Å². The summed E-state index contributed by atoms with van der Waals surface area (Å²) in [6.07, 6.45) is -0.604. The highest BCUT2D eigenvalue weighted by Crippen LogP contribution is 2.36. The third-order valence-electron chi connectivity index (χ3n) is 3.06. The molecule has 0 spiro atoms. The van der Waals surface area contributed by atoms with E-state index in [0.717, 1.165) is 22.2 Å². The molecule has 0 bridgehead atoms. The molecule has 0 saturated carbocycles. The molecule has 0 radical (unpaired) electrons. The Morgan fingerprint density at radius 3 is 2.80 bits per heavy atom. The lowest BCUT2D eigenvalue weighted by Crippen LogP contribution is -2.17. The van der Waals surface area contributed by atoms with E-state index in [0.29, 0.717) is 10.6 Å². The average Bonchev–Trinajstić information content (AvgIpc) is 3.12. The molecule has 25 heavy (non-hydrogen) atoms. The molecule has 0 aliphatic heterocycles. The van der Waals surface area contributed by atoms with Gasteiger partial charge in [0.05, 0.1) is 5.56 Å². The predicted octanol–water partition coefficient (Wildman–Crippen LogP) is 3.86. The molecule has 3 heterocycles. The molecule has 0 saturated heterocycles. The maximum Gasteiger partial charge on any atom is 0.435 e. The Hall–Kier alpha value is -2.46. The Balaban J connectivity index is 1.89. The third-order valence-corrected chi connectivity index (χ3v) is 4.47. The molecule has 1 amide bonds. The van der Waals surface area contributed by atoms with Gasteiger partial charge in [-0.3, -0.25) is 14.5 Å². The first kappa shape index (κ1) is 17.4. The van der Waals surface area contributed by atoms with Gasteiger partial charge < -0.3 is 5.32 Å². The number of nitrogens with zero attached hydrogens (tertiary/aromatic N) is 4. The van der Waals surface area contributed by atoms with Gasteiger partial charge in [-0.2, -0.15) is 18.3 Å². The van der Waals surface area contributed by atoms with Gasteiger partial charge in [-0.1, -0.05) is 22.9 Å². The number of amides is 1. The molecule has 3 aromatic heterocycles. The zero-order chi connectivity index (χ0) is 18.2. The normalized spacial score (nSPS) is 11.6. The maximum absolute atomic E-state index is 13.0. The van der Waals surface area contributed by atoms with E-state index in [1.54, 1.807) is 24.5 Å². The Bertz CT molecular complexity index is 922. The van der Waals surface area contributed by atoms with Crippen LogP contribution >= 0.6 is 22.9 Å². The minimum absolute atomic E-state index is 0.0188. The molecule has 0 unspecified atom stereocenters. The summed E-state index contributed by atoms with van der Waals surface area (Å²) in [6.45, 7) is 0. The highest BCUT2D eigenvalue weighted by atomic mass is 35.5. The van der Waals surface area contributed by atoms with Crippen molar-refractivity contribution in [2.45, 2.75) is 6.18 Å². The number of hydrogen-bond donors (Lipinski definition) is 1. The minimum Gasteiger partial charge on any atom is -0.311 e. The van der Waals surface area contributed by atoms with Crippen molar-refractivity contribution in [2.75, 3.05) is 5.32 Å². The van der Waals surface area contributed by atoms with Crippen molar-refractivity contribution in [3.63, 3.8) is 0 Å². The first-order valence-electron chi connectivity index (χ1n) is 6.74. The van der Waals surface area contributed by atoms with Crippen molar-refractivity contribution in [2.24, 2.45) is 7.05 Å². The lowest BCUT2D eigenvalue weighted by molar-refractivity contribution is -0.141. The molecule has 0 aromatic carbocycles. The standard InChI is InChI=1S/C14H9ClF3N5OS/c1-23-6-8(9(22-23)14(16,17)18)11(24)21-13-10(15)20-12(25-13)7-3-2-4-19-5-7/h2-6H,1H3,(H,21,24). The van der Waals surface area contributed by atoms with Crippen LogP contribution in [0, 0.1) is 0 Å². The van der Waals surface area contributed by atoms with E-state index in [1.165, 1.54) is 7.05 Å². The highest BCUT2D eigenvalue weighted by Gasteiger charge is 2.39. The molecule has 0 fully saturated rings. The summed E-state index contributed by atoms with van der Waals surface area (Å²) < 4.78 is 39.8. The van der Waals surface area contributed by atoms with Crippen molar-refractivity contribution in [1.29, 1.82) is 0 Å². The van der Waals surface area contributed by atoms with Crippen molar-refractivity contribution in [3.8, 4) is 10.6 Å². The number of carbonyl (C=O) groups excluding carboxylic acids is 1. The zero-order valence-electron chi connectivity index (χ0n) is 12.5. The van der Waals surface area contributed by atoms with E-state index in [9.17, 15) is 18.0 Å². The smallest absolute Gasteiger partial charge is 0.311 e. The Morgan fingerprint density at radius 1 is 1.40 bits per heavy atom. The molecule has 0 aliphatic rings. The molecule has 0 atom stereocenters. The van der Waals surface area contributed by atoms with Crippen LogP contribution in [0.2, 0.25) is 5.15 Å². The van der Waals surface area contributed by atoms with Gasteiger partial charge in [0, 0.05) is 31.2 Å². The van der Waals surface area contributed by atoms with E-state index in [1.807, 2.05) is 0 Å². The summed E-state index contributed by atoms with van der Waals surface area (Å²) >= 11 is 7.01. The van der Waals surface area contributed by atoms with Gasteiger partial charge in [0.1, 0.15) is 10.0 Å². The lowest BCUT2D eigenvalue weighted by Gasteiger charge is -2.06. The number of aryl methyl sites for hydroxylation is 1. The van der Waals surface area contributed by atoms with E-state index in [2.05, 4.69) is 20.4 Å². The molecule has 3 rings (SSSR count). The number of alkyl halides is 3. The summed E-state index contributed by atoms with van der Waals surface area (Å²) in [5.74, 6) is -0.969. The molecular weight excluding hydrogens is 379 g/mol. The van der Waals surface area contributed by atoms with Crippen molar-refractivity contribution >= 4 is 33.8 Å². The topological polar surface area (TPSA) is 72.7 Å². The van der Waals surface area contributed by atoms with Crippen LogP contribution in [0.1, 0.15) is 16.1 Å². The predicted molar refractivity (Wildman–Crippen MR) is 86.5 cm³/mol. The molecule has 1 N–H and O–H groups in total. The number of halogens is 4. The van der Waals surface area contributed by atoms with Gasteiger partial charge in [0.15, 0.2) is 10.8 Å². The number of anilines is 1. The summed E-state index contributed by atoms with van der Waals surface area (Å²) in [7, 11) is 1.30. The van der Waals surface area contributed by atoms with Gasteiger partial charge in [0.25, 0.3) is 5.91 Å². The number of rotatable bonds is 3. The van der Waals surface area contributed by atoms with Crippen LogP contribution in [0.4, 0.5) is 18.2 Å². The van der Waals surface area contributed by atoms with Gasteiger partial charge in [-0.05, 0) is 12.1 Å². The summed E-state index contributed by atoms with van der Waals surface area (Å²) in [5, 5.41) is 6.26. The third kappa shape index (κ3) is 3.64. The van der Waals surface area contributed by atoms with E-state index in [-0.39, 0.29) is 10.2 Å². The van der Waals surface area contributed by atoms with E-state index < -0.39 is 23.3 Å². The molecule has 0 aliphatic carbocycles. The Labute approximate surface area is 148 Å². The van der Waals surface area contributed by atoms with Crippen LogP contribution in [0.5, 0.6) is 0 Å². The van der Waals surface area contributed by atoms with Gasteiger partial charge in [-0.15, -0.1) is 0 Å². The van der Waals surface area contributed by atoms with E-state index in [4.69, 9.17) is 11.6 Å². The quantitative estimate of drug-likeness (QED) is 0.740. The van der Waals surface area contributed by atoms with Crippen molar-refractivity contribution < 1.29 is 18.0 Å². The monoisotopic (exact) mass is 387 g/mol. The second-order valence-electron chi connectivity index (χ2n) is 4.90. The number of pyridine rings is 1. The number of nitrogens with one attached hydrogen (secondary N) is 1. The molecule has 6 nitrogen and oxygen atoms in total. The molecule has 130 valence electrons. The summed E-state index contributed by atoms with van der Waals surface area (Å²) in [6, 6.07) is 3.45. The van der Waals surface area contributed by atoms with Crippen LogP contribution in [-0.2, 0) is 13.2 Å². The molecular formula is C14H9ClF3N5OS. The lowest BCUT2D eigenvalue weighted by atomic mass is 10.2. The number of carbonyl (C=O) groups is 1. The minimum atomic E-state index is -4.74. The van der Waals surface area contributed by atoms with Crippen LogP contribution in [-0.4, -0.2) is 25.7 Å². The fourth-order valence-electron chi connectivity index (χ4n) is 2.03.